The Morgan fingerprint density at radius 1 is 1.31 bits per heavy atom. The van der Waals surface area contributed by atoms with E-state index < -0.39 is 0 Å². The lowest BCUT2D eigenvalue weighted by Crippen LogP contribution is -2.37. The number of halogens is 1. The molecular formula is C21H25FN5O2+. The van der Waals surface area contributed by atoms with Crippen LogP contribution < -0.4 is 0 Å². The minimum absolute atomic E-state index is 0.0912. The second-order valence-electron chi connectivity index (χ2n) is 7.66. The number of rotatable bonds is 4. The third kappa shape index (κ3) is 3.83. The number of hydrogen-bond acceptors (Lipinski definition) is 4. The lowest BCUT2D eigenvalue weighted by molar-refractivity contribution is -0.711. The van der Waals surface area contributed by atoms with E-state index in [1.54, 1.807) is 23.0 Å². The van der Waals surface area contributed by atoms with E-state index in [2.05, 4.69) is 0 Å². The minimum atomic E-state index is -0.351. The van der Waals surface area contributed by atoms with Gasteiger partial charge in [0.1, 0.15) is 22.2 Å². The summed E-state index contributed by atoms with van der Waals surface area (Å²) in [4.78, 5) is 37.1. The molecule has 2 aromatic rings. The van der Waals surface area contributed by atoms with Gasteiger partial charge < -0.3 is 4.90 Å². The van der Waals surface area contributed by atoms with E-state index in [1.165, 1.54) is 12.1 Å². The highest BCUT2D eigenvalue weighted by molar-refractivity contribution is 5.76. The number of nitroso groups, excluding NO2 is 1. The first-order valence-electron chi connectivity index (χ1n) is 10.0. The van der Waals surface area contributed by atoms with E-state index >= 15 is 0 Å². The van der Waals surface area contributed by atoms with Crippen molar-refractivity contribution in [1.82, 2.24) is 19.9 Å². The summed E-state index contributed by atoms with van der Waals surface area (Å²) in [5, 5.41) is 1.65. The molecule has 29 heavy (non-hydrogen) atoms. The van der Waals surface area contributed by atoms with Crippen molar-refractivity contribution < 1.29 is 14.1 Å². The van der Waals surface area contributed by atoms with E-state index in [0.717, 1.165) is 27.4 Å². The van der Waals surface area contributed by atoms with Gasteiger partial charge in [0, 0.05) is 31.4 Å². The summed E-state index contributed by atoms with van der Waals surface area (Å²) in [6.45, 7) is 3.56. The number of benzene rings is 1. The lowest BCUT2D eigenvalue weighted by Gasteiger charge is -2.29. The zero-order valence-corrected chi connectivity index (χ0v) is 16.8. The van der Waals surface area contributed by atoms with Gasteiger partial charge in [0.15, 0.2) is 0 Å². The Morgan fingerprint density at radius 2 is 2.14 bits per heavy atom. The van der Waals surface area contributed by atoms with Crippen LogP contribution in [0.3, 0.4) is 0 Å². The molecule has 7 nitrogen and oxygen atoms in total. The Morgan fingerprint density at radius 3 is 2.83 bits per heavy atom. The summed E-state index contributed by atoms with van der Waals surface area (Å²) in [6.07, 6.45) is 2.16. The van der Waals surface area contributed by atoms with Crippen LogP contribution in [0.2, 0.25) is 0 Å². The number of carbonyl (C=O) groups excluding carboxylic acids is 1. The molecule has 0 aliphatic carbocycles. The molecule has 0 radical (unpaired) electrons. The predicted molar refractivity (Wildman–Crippen MR) is 104 cm³/mol. The quantitative estimate of drug-likeness (QED) is 0.741. The summed E-state index contributed by atoms with van der Waals surface area (Å²) in [5.74, 6) is 0.343. The Balaban J connectivity index is 1.73. The maximum absolute atomic E-state index is 13.6. The van der Waals surface area contributed by atoms with Crippen molar-refractivity contribution in [2.45, 2.75) is 45.2 Å². The van der Waals surface area contributed by atoms with Crippen LogP contribution in [-0.2, 0) is 24.2 Å². The van der Waals surface area contributed by atoms with Gasteiger partial charge >= 0.3 is 0 Å². The summed E-state index contributed by atoms with van der Waals surface area (Å²) < 4.78 is 13.6. The Hall–Kier alpha value is -2.90. The van der Waals surface area contributed by atoms with Crippen LogP contribution in [0, 0.1) is 10.7 Å². The van der Waals surface area contributed by atoms with Crippen LogP contribution in [0.5, 0.6) is 0 Å². The average Bonchev–Trinajstić information content (AvgIpc) is 3.04. The molecule has 1 atom stereocenters. The van der Waals surface area contributed by atoms with Gasteiger partial charge in [-0.3, -0.25) is 4.79 Å². The van der Waals surface area contributed by atoms with Crippen molar-refractivity contribution in [3.05, 3.63) is 63.3 Å². The highest BCUT2D eigenvalue weighted by Gasteiger charge is 2.42. The molecule has 8 heteroatoms. The minimum Gasteiger partial charge on any atom is -0.336 e. The van der Waals surface area contributed by atoms with Gasteiger partial charge in [-0.1, -0.05) is 19.1 Å². The third-order valence-corrected chi connectivity index (χ3v) is 5.69. The van der Waals surface area contributed by atoms with Crippen LogP contribution in [0.4, 0.5) is 4.39 Å². The van der Waals surface area contributed by atoms with Crippen LogP contribution in [0.25, 0.3) is 0 Å². The zero-order chi connectivity index (χ0) is 20.5. The molecule has 1 fully saturated rings. The van der Waals surface area contributed by atoms with Crippen LogP contribution in [-0.4, -0.2) is 50.8 Å². The van der Waals surface area contributed by atoms with Crippen molar-refractivity contribution >= 4 is 5.91 Å². The molecule has 0 bridgehead atoms. The molecule has 0 N–H and O–H groups in total. The van der Waals surface area contributed by atoms with E-state index in [-0.39, 0.29) is 17.8 Å². The molecule has 0 saturated carbocycles. The molecule has 1 aromatic carbocycles. The van der Waals surface area contributed by atoms with Gasteiger partial charge in [0.25, 0.3) is 6.04 Å². The molecule has 0 spiro atoms. The number of aromatic nitrogens is 2. The number of fused-ring (bicyclic) bond motifs is 1. The number of amides is 1. The van der Waals surface area contributed by atoms with Crippen molar-refractivity contribution in [2.75, 3.05) is 20.1 Å². The molecule has 1 aromatic heterocycles. The molecule has 1 unspecified atom stereocenters. The van der Waals surface area contributed by atoms with E-state index in [9.17, 15) is 14.1 Å². The largest absolute Gasteiger partial charge is 0.336 e. The van der Waals surface area contributed by atoms with E-state index in [4.69, 9.17) is 9.97 Å². The number of nitrogens with zero attached hydrogens (tertiary/aromatic N) is 5. The lowest BCUT2D eigenvalue weighted by atomic mass is 9.97. The highest BCUT2D eigenvalue weighted by atomic mass is 19.1. The predicted octanol–water partition coefficient (Wildman–Crippen LogP) is 2.57. The number of hydrazine groups is 1. The summed E-state index contributed by atoms with van der Waals surface area (Å²) in [6, 6.07) is 6.02. The molecule has 3 heterocycles. The smallest absolute Gasteiger partial charge is 0.278 e. The number of hydrogen-bond donors (Lipinski definition) is 0. The number of carbonyl (C=O) groups is 1. The maximum atomic E-state index is 13.6. The monoisotopic (exact) mass is 398 g/mol. The third-order valence-electron chi connectivity index (χ3n) is 5.69. The molecule has 4 rings (SSSR count). The second-order valence-corrected chi connectivity index (χ2v) is 7.66. The molecule has 2 aliphatic rings. The van der Waals surface area contributed by atoms with Gasteiger partial charge in [0.2, 0.25) is 5.91 Å². The fourth-order valence-electron chi connectivity index (χ4n) is 4.13. The first-order valence-corrected chi connectivity index (χ1v) is 10.0. The van der Waals surface area contributed by atoms with Gasteiger partial charge in [-0.2, -0.15) is 0 Å². The zero-order valence-electron chi connectivity index (χ0n) is 16.8. The Labute approximate surface area is 169 Å². The molecule has 152 valence electrons. The van der Waals surface area contributed by atoms with Gasteiger partial charge in [-0.25, -0.2) is 14.4 Å². The summed E-state index contributed by atoms with van der Waals surface area (Å²) in [5.41, 5.74) is 3.31. The van der Waals surface area contributed by atoms with E-state index in [0.29, 0.717) is 51.1 Å². The van der Waals surface area contributed by atoms with Gasteiger partial charge in [-0.05, 0) is 24.1 Å². The SMILES string of the molecule is CCC(=O)N1CCc2c(nc(Cc3cccc(F)c3)nc2C2CCN(C)[N+]2=O)C1. The van der Waals surface area contributed by atoms with Crippen molar-refractivity contribution in [3.63, 3.8) is 0 Å². The second kappa shape index (κ2) is 7.85. The van der Waals surface area contributed by atoms with Crippen molar-refractivity contribution in [2.24, 2.45) is 0 Å². The molecule has 1 amide bonds. The fourth-order valence-corrected chi connectivity index (χ4v) is 4.13. The standard InChI is InChI=1S/C21H25FN5O2/c1-3-20(28)26-10-7-16-17(13-26)23-19(12-14-5-4-6-15(22)11-14)24-21(16)18-8-9-25(2)27(18)29/h4-6,11,18H,3,7-10,12-13H2,1-2H3/q+1. The highest BCUT2D eigenvalue weighted by Crippen LogP contribution is 2.32. The molecule has 2 aliphatic heterocycles. The maximum Gasteiger partial charge on any atom is 0.278 e. The van der Waals surface area contributed by atoms with Crippen molar-refractivity contribution in [1.29, 1.82) is 0 Å². The van der Waals surface area contributed by atoms with Gasteiger partial charge in [0.05, 0.1) is 30.7 Å². The first kappa shape index (κ1) is 19.4. The normalized spacial score (nSPS) is 18.9. The van der Waals surface area contributed by atoms with E-state index in [1.807, 2.05) is 13.0 Å². The molecular weight excluding hydrogens is 373 g/mol. The summed E-state index contributed by atoms with van der Waals surface area (Å²) in [7, 11) is 1.77. The van der Waals surface area contributed by atoms with Crippen LogP contribution >= 0.6 is 0 Å². The topological polar surface area (TPSA) is 69.4 Å². The van der Waals surface area contributed by atoms with Crippen molar-refractivity contribution in [3.8, 4) is 0 Å². The van der Waals surface area contributed by atoms with Crippen LogP contribution in [0.1, 0.15) is 54.1 Å². The first-order chi connectivity index (χ1) is 14.0. The van der Waals surface area contributed by atoms with Crippen LogP contribution in [0.15, 0.2) is 24.3 Å². The Bertz CT molecular complexity index is 964. The summed E-state index contributed by atoms with van der Waals surface area (Å²) >= 11 is 0. The average molecular weight is 398 g/mol. The molecule has 1 saturated heterocycles. The Kier molecular flexibility index (Phi) is 5.25. The fraction of sp³-hybridized carbons (Fsp3) is 0.476. The van der Waals surface area contributed by atoms with Gasteiger partial charge in [-0.15, -0.1) is 5.01 Å².